The molecule has 0 radical (unpaired) electrons. The zero-order chi connectivity index (χ0) is 15.2. The van der Waals surface area contributed by atoms with Crippen LogP contribution in [0.1, 0.15) is 44.9 Å². The second-order valence-corrected chi connectivity index (χ2v) is 5.89. The highest BCUT2D eigenvalue weighted by Crippen LogP contribution is 2.25. The number of aliphatic carboxylic acids is 1. The van der Waals surface area contributed by atoms with Gasteiger partial charge in [0.25, 0.3) is 0 Å². The summed E-state index contributed by atoms with van der Waals surface area (Å²) in [5.74, 6) is -1.09. The number of carboxylic acids is 1. The van der Waals surface area contributed by atoms with Crippen LogP contribution in [0.25, 0.3) is 0 Å². The van der Waals surface area contributed by atoms with E-state index in [9.17, 15) is 14.4 Å². The van der Waals surface area contributed by atoms with Gasteiger partial charge in [-0.1, -0.05) is 0 Å². The molecule has 2 atom stereocenters. The van der Waals surface area contributed by atoms with Crippen molar-refractivity contribution in [2.45, 2.75) is 57.0 Å². The van der Waals surface area contributed by atoms with E-state index in [-0.39, 0.29) is 23.9 Å². The number of hydrogen-bond acceptors (Lipinski definition) is 3. The maximum absolute atomic E-state index is 11.6. The first-order valence-electron chi connectivity index (χ1n) is 7.61. The van der Waals surface area contributed by atoms with E-state index in [1.807, 2.05) is 0 Å². The van der Waals surface area contributed by atoms with E-state index in [0.29, 0.717) is 44.7 Å². The van der Waals surface area contributed by atoms with Gasteiger partial charge in [-0.05, 0) is 38.5 Å². The van der Waals surface area contributed by atoms with Gasteiger partial charge in [-0.15, -0.1) is 0 Å². The van der Waals surface area contributed by atoms with Crippen LogP contribution in [0.4, 0.5) is 4.79 Å². The Labute approximate surface area is 123 Å². The lowest BCUT2D eigenvalue weighted by molar-refractivity contribution is -0.141. The number of urea groups is 1. The molecular formula is C14H23N3O4. The fourth-order valence-corrected chi connectivity index (χ4v) is 2.55. The zero-order valence-corrected chi connectivity index (χ0v) is 12.1. The van der Waals surface area contributed by atoms with Crippen LogP contribution < -0.4 is 16.0 Å². The van der Waals surface area contributed by atoms with Crippen LogP contribution in [0.5, 0.6) is 0 Å². The van der Waals surface area contributed by atoms with Crippen LogP contribution in [-0.4, -0.2) is 41.6 Å². The molecule has 2 fully saturated rings. The molecule has 7 heteroatoms. The molecule has 0 spiro atoms. The average Bonchev–Trinajstić information content (AvgIpc) is 3.10. The minimum Gasteiger partial charge on any atom is -0.481 e. The molecule has 0 aromatic rings. The Balaban J connectivity index is 1.51. The summed E-state index contributed by atoms with van der Waals surface area (Å²) >= 11 is 0. The molecule has 2 rings (SSSR count). The molecule has 21 heavy (non-hydrogen) atoms. The maximum Gasteiger partial charge on any atom is 0.315 e. The number of amides is 3. The molecule has 4 N–H and O–H groups in total. The van der Waals surface area contributed by atoms with Gasteiger partial charge in [-0.3, -0.25) is 9.59 Å². The third-order valence-electron chi connectivity index (χ3n) is 3.93. The number of carbonyl (C=O) groups excluding carboxylic acids is 2. The molecule has 0 bridgehead atoms. The fourth-order valence-electron chi connectivity index (χ4n) is 2.55. The Hall–Kier alpha value is -1.79. The van der Waals surface area contributed by atoms with E-state index < -0.39 is 5.97 Å². The van der Waals surface area contributed by atoms with Crippen LogP contribution in [0.15, 0.2) is 0 Å². The molecule has 0 saturated heterocycles. The van der Waals surface area contributed by atoms with Gasteiger partial charge in [0.05, 0.1) is 5.92 Å². The third-order valence-corrected chi connectivity index (χ3v) is 3.93. The molecule has 2 aliphatic carbocycles. The highest BCUT2D eigenvalue weighted by molar-refractivity contribution is 5.77. The molecule has 0 heterocycles. The average molecular weight is 297 g/mol. The first-order chi connectivity index (χ1) is 10.0. The lowest BCUT2D eigenvalue weighted by Gasteiger charge is -2.13. The Morgan fingerprint density at radius 1 is 1.00 bits per heavy atom. The number of carbonyl (C=O) groups is 3. The van der Waals surface area contributed by atoms with E-state index in [1.165, 1.54) is 0 Å². The lowest BCUT2D eigenvalue weighted by atomic mass is 10.1. The van der Waals surface area contributed by atoms with Crippen molar-refractivity contribution < 1.29 is 19.5 Å². The first kappa shape index (κ1) is 15.6. The zero-order valence-electron chi connectivity index (χ0n) is 12.1. The van der Waals surface area contributed by atoms with Crippen molar-refractivity contribution in [1.29, 1.82) is 0 Å². The van der Waals surface area contributed by atoms with Crippen LogP contribution in [0, 0.1) is 5.92 Å². The first-order valence-corrected chi connectivity index (χ1v) is 7.61. The van der Waals surface area contributed by atoms with Crippen molar-refractivity contribution >= 4 is 17.9 Å². The van der Waals surface area contributed by atoms with E-state index in [4.69, 9.17) is 5.11 Å². The number of hydrogen-bond donors (Lipinski definition) is 4. The summed E-state index contributed by atoms with van der Waals surface area (Å²) in [7, 11) is 0. The summed E-state index contributed by atoms with van der Waals surface area (Å²) in [6.45, 7) is 0.443. The molecule has 0 aromatic carbocycles. The summed E-state index contributed by atoms with van der Waals surface area (Å²) < 4.78 is 0. The van der Waals surface area contributed by atoms with Crippen molar-refractivity contribution in [3.63, 3.8) is 0 Å². The van der Waals surface area contributed by atoms with Gasteiger partial charge in [0.2, 0.25) is 5.91 Å². The number of carboxylic acid groups (broad SMARTS) is 1. The molecule has 0 aromatic heterocycles. The third kappa shape index (κ3) is 5.61. The van der Waals surface area contributed by atoms with Gasteiger partial charge in [0.1, 0.15) is 0 Å². The molecule has 3 amide bonds. The van der Waals surface area contributed by atoms with Crippen LogP contribution in [0.2, 0.25) is 0 Å². The second-order valence-electron chi connectivity index (χ2n) is 5.89. The van der Waals surface area contributed by atoms with Crippen molar-refractivity contribution in [1.82, 2.24) is 16.0 Å². The number of rotatable bonds is 7. The standard InChI is InChI=1S/C14H23N3O4/c18-12(16-10-5-6-10)2-1-7-15-14(21)17-11-4-3-9(8-11)13(19)20/h9-11H,1-8H2,(H,16,18)(H,19,20)(H2,15,17,21). The minimum atomic E-state index is -0.790. The van der Waals surface area contributed by atoms with Gasteiger partial charge in [0, 0.05) is 25.0 Å². The van der Waals surface area contributed by atoms with Crippen LogP contribution in [-0.2, 0) is 9.59 Å². The van der Waals surface area contributed by atoms with Crippen molar-refractivity contribution in [2.24, 2.45) is 5.92 Å². The normalized spacial score (nSPS) is 24.4. The maximum atomic E-state index is 11.6. The van der Waals surface area contributed by atoms with E-state index in [2.05, 4.69) is 16.0 Å². The van der Waals surface area contributed by atoms with Crippen LogP contribution in [0.3, 0.4) is 0 Å². The molecule has 2 unspecified atom stereocenters. The fraction of sp³-hybridized carbons (Fsp3) is 0.786. The van der Waals surface area contributed by atoms with E-state index >= 15 is 0 Å². The largest absolute Gasteiger partial charge is 0.481 e. The van der Waals surface area contributed by atoms with Crippen molar-refractivity contribution in [3.05, 3.63) is 0 Å². The number of nitrogens with one attached hydrogen (secondary N) is 3. The Kier molecular flexibility index (Phi) is 5.41. The van der Waals surface area contributed by atoms with Crippen molar-refractivity contribution in [3.8, 4) is 0 Å². The Morgan fingerprint density at radius 2 is 1.71 bits per heavy atom. The SMILES string of the molecule is O=C(CCCNC(=O)NC1CCC(C(=O)O)C1)NC1CC1. The molecule has 7 nitrogen and oxygen atoms in total. The molecule has 118 valence electrons. The Morgan fingerprint density at radius 3 is 2.33 bits per heavy atom. The lowest BCUT2D eigenvalue weighted by Crippen LogP contribution is -2.41. The monoisotopic (exact) mass is 297 g/mol. The summed E-state index contributed by atoms with van der Waals surface area (Å²) in [5, 5.41) is 17.3. The highest BCUT2D eigenvalue weighted by atomic mass is 16.4. The van der Waals surface area contributed by atoms with Gasteiger partial charge < -0.3 is 21.1 Å². The smallest absolute Gasteiger partial charge is 0.315 e. The predicted molar refractivity (Wildman–Crippen MR) is 75.7 cm³/mol. The summed E-state index contributed by atoms with van der Waals surface area (Å²) in [4.78, 5) is 33.9. The van der Waals surface area contributed by atoms with E-state index in [1.54, 1.807) is 0 Å². The van der Waals surface area contributed by atoms with Crippen LogP contribution >= 0.6 is 0 Å². The minimum absolute atomic E-state index is 0.0415. The molecule has 2 aliphatic rings. The topological polar surface area (TPSA) is 108 Å². The second kappa shape index (κ2) is 7.28. The molecular weight excluding hydrogens is 274 g/mol. The highest BCUT2D eigenvalue weighted by Gasteiger charge is 2.30. The van der Waals surface area contributed by atoms with Gasteiger partial charge in [-0.2, -0.15) is 0 Å². The van der Waals surface area contributed by atoms with Crippen molar-refractivity contribution in [2.75, 3.05) is 6.54 Å². The van der Waals surface area contributed by atoms with Gasteiger partial charge in [0.15, 0.2) is 0 Å². The summed E-state index contributed by atoms with van der Waals surface area (Å²) in [5.41, 5.74) is 0. The molecule has 0 aliphatic heterocycles. The Bertz CT molecular complexity index is 409. The summed E-state index contributed by atoms with van der Waals surface area (Å²) in [6.07, 6.45) is 4.98. The molecule has 2 saturated carbocycles. The van der Waals surface area contributed by atoms with Gasteiger partial charge >= 0.3 is 12.0 Å². The van der Waals surface area contributed by atoms with Gasteiger partial charge in [-0.25, -0.2) is 4.79 Å². The quantitative estimate of drug-likeness (QED) is 0.516. The van der Waals surface area contributed by atoms with E-state index in [0.717, 1.165) is 12.8 Å². The summed E-state index contributed by atoms with van der Waals surface area (Å²) in [6, 6.07) is 0.0243. The predicted octanol–water partition coefficient (Wildman–Crippen LogP) is 0.598.